The largest absolute Gasteiger partial charge is 0.383 e. The van der Waals surface area contributed by atoms with Crippen LogP contribution in [0.2, 0.25) is 0 Å². The van der Waals surface area contributed by atoms with Gasteiger partial charge < -0.3 is 11.1 Å². The third-order valence-electron chi connectivity index (χ3n) is 6.82. The summed E-state index contributed by atoms with van der Waals surface area (Å²) in [7, 11) is 0. The Kier molecular flexibility index (Phi) is 6.56. The number of pyridine rings is 1. The molecule has 0 radical (unpaired) electrons. The number of aromatic nitrogens is 3. The van der Waals surface area contributed by atoms with Crippen molar-refractivity contribution in [3.63, 3.8) is 0 Å². The van der Waals surface area contributed by atoms with Crippen LogP contribution in [0, 0.1) is 5.92 Å². The second-order valence-electron chi connectivity index (χ2n) is 9.39. The van der Waals surface area contributed by atoms with Crippen LogP contribution in [0.4, 0.5) is 5.82 Å². The Labute approximate surface area is 200 Å². The molecule has 1 saturated carbocycles. The molecule has 6 nitrogen and oxygen atoms in total. The molecule has 1 amide bonds. The van der Waals surface area contributed by atoms with Gasteiger partial charge in [-0.3, -0.25) is 9.48 Å². The van der Waals surface area contributed by atoms with Gasteiger partial charge in [0.25, 0.3) is 5.91 Å². The van der Waals surface area contributed by atoms with Crippen LogP contribution in [0.25, 0.3) is 10.8 Å². The number of hydrogen-bond donors (Lipinski definition) is 2. The van der Waals surface area contributed by atoms with Crippen LogP contribution < -0.4 is 11.1 Å². The lowest BCUT2D eigenvalue weighted by Crippen LogP contribution is -2.22. The zero-order valence-electron chi connectivity index (χ0n) is 19.4. The van der Waals surface area contributed by atoms with Crippen LogP contribution in [0.1, 0.15) is 59.2 Å². The molecule has 2 aromatic heterocycles. The van der Waals surface area contributed by atoms with Crippen molar-refractivity contribution in [1.29, 1.82) is 0 Å². The summed E-state index contributed by atoms with van der Waals surface area (Å²) in [6.07, 6.45) is 13.2. The van der Waals surface area contributed by atoms with E-state index in [0.29, 0.717) is 24.5 Å². The number of rotatable bonds is 7. The monoisotopic (exact) mass is 453 g/mol. The fourth-order valence-electron chi connectivity index (χ4n) is 4.90. The van der Waals surface area contributed by atoms with Gasteiger partial charge in [-0.15, -0.1) is 0 Å². The van der Waals surface area contributed by atoms with Gasteiger partial charge in [-0.1, -0.05) is 68.5 Å². The van der Waals surface area contributed by atoms with Gasteiger partial charge in [-0.05, 0) is 46.5 Å². The average Bonchev–Trinajstić information content (AvgIpc) is 3.33. The van der Waals surface area contributed by atoms with Gasteiger partial charge in [-0.25, -0.2) is 4.98 Å². The number of hydrogen-bond acceptors (Lipinski definition) is 4. The molecule has 1 aliphatic rings. The highest BCUT2D eigenvalue weighted by atomic mass is 16.1. The van der Waals surface area contributed by atoms with Gasteiger partial charge >= 0.3 is 0 Å². The number of fused-ring (bicyclic) bond motifs is 1. The first-order valence-corrected chi connectivity index (χ1v) is 12.2. The summed E-state index contributed by atoms with van der Waals surface area (Å²) in [5.74, 6) is 1.22. The highest BCUT2D eigenvalue weighted by Gasteiger charge is 2.14. The fraction of sp³-hybridized carbons (Fsp3) is 0.321. The van der Waals surface area contributed by atoms with E-state index in [0.717, 1.165) is 22.3 Å². The Bertz CT molecular complexity index is 1270. The Morgan fingerprint density at radius 2 is 1.76 bits per heavy atom. The third-order valence-corrected chi connectivity index (χ3v) is 6.82. The lowest BCUT2D eigenvalue weighted by molar-refractivity contribution is 0.0951. The Morgan fingerprint density at radius 1 is 1.00 bits per heavy atom. The molecule has 0 unspecified atom stereocenters. The zero-order valence-corrected chi connectivity index (χ0v) is 19.4. The standard InChI is InChI=1S/C28H31N5O/c29-27-26-11-10-23(15-24(26)12-13-30-27)16-31-28(34)25-17-32-33(19-25)18-22-8-6-21(7-9-22)14-20-4-2-1-3-5-20/h6-13,15,17,19-20H,1-5,14,16,18H2,(H2,29,30)(H,31,34). The van der Waals surface area contributed by atoms with E-state index in [1.807, 2.05) is 28.9 Å². The van der Waals surface area contributed by atoms with Crippen LogP contribution in [0.3, 0.4) is 0 Å². The third kappa shape index (κ3) is 5.28. The zero-order chi connectivity index (χ0) is 23.3. The molecule has 0 atom stereocenters. The van der Waals surface area contributed by atoms with E-state index in [9.17, 15) is 4.79 Å². The van der Waals surface area contributed by atoms with Crippen molar-refractivity contribution < 1.29 is 4.79 Å². The number of nitrogen functional groups attached to an aromatic ring is 1. The van der Waals surface area contributed by atoms with Crippen LogP contribution in [0.15, 0.2) is 67.1 Å². The number of nitrogens with two attached hydrogens (primary N) is 1. The molecule has 174 valence electrons. The SMILES string of the molecule is Nc1nccc2cc(CNC(=O)c3cnn(Cc4ccc(CC5CCCCC5)cc4)c3)ccc12. The van der Waals surface area contributed by atoms with Crippen molar-refractivity contribution in [3.05, 3.63) is 89.4 Å². The molecule has 34 heavy (non-hydrogen) atoms. The molecule has 1 fully saturated rings. The molecular formula is C28H31N5O. The van der Waals surface area contributed by atoms with Crippen molar-refractivity contribution >= 4 is 22.5 Å². The molecule has 2 heterocycles. The number of nitrogens with zero attached hydrogens (tertiary/aromatic N) is 3. The molecule has 2 aromatic carbocycles. The van der Waals surface area contributed by atoms with E-state index in [-0.39, 0.29) is 5.91 Å². The minimum Gasteiger partial charge on any atom is -0.383 e. The Hall–Kier alpha value is -3.67. The van der Waals surface area contributed by atoms with Crippen molar-refractivity contribution in [2.24, 2.45) is 5.92 Å². The van der Waals surface area contributed by atoms with E-state index in [1.165, 1.54) is 49.7 Å². The van der Waals surface area contributed by atoms with E-state index >= 15 is 0 Å². The van der Waals surface area contributed by atoms with Gasteiger partial charge in [0.15, 0.2) is 0 Å². The summed E-state index contributed by atoms with van der Waals surface area (Å²) >= 11 is 0. The number of benzene rings is 2. The molecule has 0 aliphatic heterocycles. The Morgan fingerprint density at radius 3 is 2.59 bits per heavy atom. The Balaban J connectivity index is 1.15. The average molecular weight is 454 g/mol. The fourth-order valence-corrected chi connectivity index (χ4v) is 4.90. The summed E-state index contributed by atoms with van der Waals surface area (Å²) in [4.78, 5) is 16.8. The van der Waals surface area contributed by atoms with Gasteiger partial charge in [0.1, 0.15) is 5.82 Å². The molecular weight excluding hydrogens is 422 g/mol. The maximum absolute atomic E-state index is 12.6. The lowest BCUT2D eigenvalue weighted by atomic mass is 9.85. The predicted octanol–water partition coefficient (Wildman–Crippen LogP) is 5.11. The molecule has 5 rings (SSSR count). The second kappa shape index (κ2) is 10.1. The molecule has 0 saturated heterocycles. The van der Waals surface area contributed by atoms with E-state index in [2.05, 4.69) is 39.7 Å². The summed E-state index contributed by atoms with van der Waals surface area (Å²) in [5.41, 5.74) is 10.1. The molecule has 3 N–H and O–H groups in total. The lowest BCUT2D eigenvalue weighted by Gasteiger charge is -2.21. The smallest absolute Gasteiger partial charge is 0.254 e. The first-order valence-electron chi connectivity index (χ1n) is 12.2. The normalized spacial score (nSPS) is 14.4. The van der Waals surface area contributed by atoms with Gasteiger partial charge in [0, 0.05) is 24.3 Å². The van der Waals surface area contributed by atoms with Gasteiger partial charge in [0.05, 0.1) is 18.3 Å². The summed E-state index contributed by atoms with van der Waals surface area (Å²) in [5, 5.41) is 9.30. The highest BCUT2D eigenvalue weighted by molar-refractivity contribution is 5.94. The van der Waals surface area contributed by atoms with Crippen molar-refractivity contribution in [2.45, 2.75) is 51.6 Å². The van der Waals surface area contributed by atoms with Crippen molar-refractivity contribution in [1.82, 2.24) is 20.1 Å². The maximum Gasteiger partial charge on any atom is 0.254 e. The predicted molar refractivity (Wildman–Crippen MR) is 135 cm³/mol. The molecule has 0 bridgehead atoms. The topological polar surface area (TPSA) is 85.8 Å². The van der Waals surface area contributed by atoms with Crippen LogP contribution >= 0.6 is 0 Å². The maximum atomic E-state index is 12.6. The molecule has 1 aliphatic carbocycles. The molecule has 4 aromatic rings. The van der Waals surface area contributed by atoms with Crippen molar-refractivity contribution in [2.75, 3.05) is 5.73 Å². The highest BCUT2D eigenvalue weighted by Crippen LogP contribution is 2.27. The van der Waals surface area contributed by atoms with Crippen molar-refractivity contribution in [3.8, 4) is 0 Å². The number of amides is 1. The van der Waals surface area contributed by atoms with Gasteiger partial charge in [0.2, 0.25) is 0 Å². The van der Waals surface area contributed by atoms with Crippen LogP contribution in [0.5, 0.6) is 0 Å². The first kappa shape index (κ1) is 22.1. The summed E-state index contributed by atoms with van der Waals surface area (Å²) < 4.78 is 1.82. The number of nitrogens with one attached hydrogen (secondary N) is 1. The molecule has 6 heteroatoms. The summed E-state index contributed by atoms with van der Waals surface area (Å²) in [6, 6.07) is 16.7. The quantitative estimate of drug-likeness (QED) is 0.407. The van der Waals surface area contributed by atoms with E-state index in [1.54, 1.807) is 18.6 Å². The number of carbonyl (C=O) groups excluding carboxylic acids is 1. The summed E-state index contributed by atoms with van der Waals surface area (Å²) in [6.45, 7) is 1.09. The minimum atomic E-state index is -0.136. The molecule has 0 spiro atoms. The van der Waals surface area contributed by atoms with Crippen LogP contribution in [-0.4, -0.2) is 20.7 Å². The van der Waals surface area contributed by atoms with Gasteiger partial charge in [-0.2, -0.15) is 5.10 Å². The number of anilines is 1. The minimum absolute atomic E-state index is 0.136. The first-order chi connectivity index (χ1) is 16.6. The van der Waals surface area contributed by atoms with E-state index in [4.69, 9.17) is 5.73 Å². The second-order valence-corrected chi connectivity index (χ2v) is 9.39. The van der Waals surface area contributed by atoms with Crippen LogP contribution in [-0.2, 0) is 19.5 Å². The number of carbonyl (C=O) groups is 1. The van der Waals surface area contributed by atoms with E-state index < -0.39 is 0 Å².